The second-order valence-corrected chi connectivity index (χ2v) is 3.40. The van der Waals surface area contributed by atoms with Gasteiger partial charge in [-0.2, -0.15) is 0 Å². The number of piperidine rings is 1. The van der Waals surface area contributed by atoms with Gasteiger partial charge in [-0.3, -0.25) is 4.79 Å². The third kappa shape index (κ3) is 4.48. The number of hydrogen-bond acceptors (Lipinski definition) is 1. The molecule has 0 aromatic heterocycles. The molecule has 0 aromatic carbocycles. The van der Waals surface area contributed by atoms with Crippen LogP contribution in [0.3, 0.4) is 0 Å². The summed E-state index contributed by atoms with van der Waals surface area (Å²) < 4.78 is 0. The van der Waals surface area contributed by atoms with Gasteiger partial charge in [0.05, 0.1) is 6.54 Å². The van der Waals surface area contributed by atoms with Crippen LogP contribution in [0.25, 0.3) is 0 Å². The summed E-state index contributed by atoms with van der Waals surface area (Å²) in [4.78, 5) is 13.5. The van der Waals surface area contributed by atoms with E-state index < -0.39 is 0 Å². The average Bonchev–Trinajstić information content (AvgIpc) is 2.15. The van der Waals surface area contributed by atoms with Crippen molar-refractivity contribution >= 4 is 5.91 Å². The summed E-state index contributed by atoms with van der Waals surface area (Å²) in [5.41, 5.74) is 3.73. The van der Waals surface area contributed by atoms with Gasteiger partial charge in [-0.05, 0) is 19.3 Å². The number of amides is 1. The van der Waals surface area contributed by atoms with Gasteiger partial charge in [0.1, 0.15) is 0 Å². The van der Waals surface area contributed by atoms with E-state index in [4.69, 9.17) is 0 Å². The van der Waals surface area contributed by atoms with Crippen LogP contribution < -0.4 is 18.1 Å². The number of quaternary nitrogens is 1. The molecule has 0 aromatic rings. The van der Waals surface area contributed by atoms with Crippen molar-refractivity contribution in [3.8, 4) is 0 Å². The molecule has 4 heteroatoms. The number of nitrogens with zero attached hydrogens (tertiary/aromatic N) is 1. The summed E-state index contributed by atoms with van der Waals surface area (Å²) in [6, 6.07) is 0. The molecule has 3 nitrogen and oxygen atoms in total. The minimum absolute atomic E-state index is 0. The monoisotopic (exact) mass is 206 g/mol. The highest BCUT2D eigenvalue weighted by Gasteiger charge is 2.15. The van der Waals surface area contributed by atoms with Gasteiger partial charge >= 0.3 is 0 Å². The molecule has 3 N–H and O–H groups in total. The summed E-state index contributed by atoms with van der Waals surface area (Å²) in [7, 11) is 0. The van der Waals surface area contributed by atoms with Gasteiger partial charge in [0.25, 0.3) is 0 Å². The molecule has 0 atom stereocenters. The molecule has 13 heavy (non-hydrogen) atoms. The summed E-state index contributed by atoms with van der Waals surface area (Å²) >= 11 is 0. The molecule has 1 saturated heterocycles. The van der Waals surface area contributed by atoms with Gasteiger partial charge in [0, 0.05) is 25.9 Å². The van der Waals surface area contributed by atoms with E-state index in [9.17, 15) is 4.79 Å². The van der Waals surface area contributed by atoms with E-state index in [1.165, 1.54) is 19.3 Å². The van der Waals surface area contributed by atoms with Crippen molar-refractivity contribution in [2.75, 3.05) is 19.6 Å². The Bertz CT molecular complexity index is 147. The highest BCUT2D eigenvalue weighted by atomic mass is 35.5. The number of likely N-dealkylation sites (tertiary alicyclic amines) is 1. The zero-order chi connectivity index (χ0) is 8.81. The lowest BCUT2D eigenvalue weighted by Gasteiger charge is -2.26. The van der Waals surface area contributed by atoms with Crippen LogP contribution >= 0.6 is 0 Å². The zero-order valence-electron chi connectivity index (χ0n) is 8.10. The fourth-order valence-corrected chi connectivity index (χ4v) is 1.58. The molecule has 1 heterocycles. The number of rotatable bonds is 3. The lowest BCUT2D eigenvalue weighted by atomic mass is 10.1. The van der Waals surface area contributed by atoms with E-state index in [1.807, 2.05) is 4.90 Å². The fraction of sp³-hybridized carbons (Fsp3) is 0.889. The van der Waals surface area contributed by atoms with Crippen LogP contribution in [0, 0.1) is 0 Å². The van der Waals surface area contributed by atoms with Crippen molar-refractivity contribution in [3.63, 3.8) is 0 Å². The normalized spacial score (nSPS) is 16.5. The van der Waals surface area contributed by atoms with E-state index in [1.54, 1.807) is 0 Å². The Kier molecular flexibility index (Phi) is 7.00. The summed E-state index contributed by atoms with van der Waals surface area (Å²) in [5, 5.41) is 0. The number of carbonyl (C=O) groups is 1. The van der Waals surface area contributed by atoms with Crippen molar-refractivity contribution in [3.05, 3.63) is 0 Å². The molecule has 1 amide bonds. The molecule has 78 valence electrons. The molecule has 0 unspecified atom stereocenters. The molecule has 1 rings (SSSR count). The van der Waals surface area contributed by atoms with Crippen molar-refractivity contribution in [1.29, 1.82) is 0 Å². The summed E-state index contributed by atoms with van der Waals surface area (Å²) in [5.74, 6) is 0.332. The first-order chi connectivity index (χ1) is 5.84. The second kappa shape index (κ2) is 7.15. The standard InChI is InChI=1S/C9H18N2O.ClH/c10-6-4-5-9(12)11-7-2-1-3-8-11;/h1-8,10H2;1H. The predicted octanol–water partition coefficient (Wildman–Crippen LogP) is -2.97. The number of halogens is 1. The van der Waals surface area contributed by atoms with Gasteiger partial charge < -0.3 is 23.0 Å². The summed E-state index contributed by atoms with van der Waals surface area (Å²) in [6.07, 6.45) is 5.31. The number of hydrogen-bond donors (Lipinski definition) is 1. The lowest BCUT2D eigenvalue weighted by Crippen LogP contribution is -3.00. The largest absolute Gasteiger partial charge is 1.00 e. The van der Waals surface area contributed by atoms with Crippen LogP contribution in [0.1, 0.15) is 32.1 Å². The SMILES string of the molecule is [Cl-].[NH3+]CCCC(=O)N1CCCCC1. The lowest BCUT2D eigenvalue weighted by molar-refractivity contribution is -0.368. The molecule has 0 aliphatic carbocycles. The minimum atomic E-state index is 0. The van der Waals surface area contributed by atoms with Crippen LogP contribution in [0.15, 0.2) is 0 Å². The third-order valence-electron chi connectivity index (χ3n) is 2.35. The Labute approximate surface area is 86.1 Å². The van der Waals surface area contributed by atoms with Crippen molar-refractivity contribution in [2.24, 2.45) is 0 Å². The molecular weight excluding hydrogens is 188 g/mol. The predicted molar refractivity (Wildman–Crippen MR) is 47.4 cm³/mol. The zero-order valence-corrected chi connectivity index (χ0v) is 8.85. The van der Waals surface area contributed by atoms with Crippen molar-refractivity contribution in [1.82, 2.24) is 4.90 Å². The molecule has 1 aliphatic rings. The maximum atomic E-state index is 11.5. The molecule has 0 saturated carbocycles. The van der Waals surface area contributed by atoms with E-state index in [2.05, 4.69) is 5.73 Å². The Morgan fingerprint density at radius 3 is 2.38 bits per heavy atom. The quantitative estimate of drug-likeness (QED) is 0.527. The smallest absolute Gasteiger partial charge is 0.222 e. The van der Waals surface area contributed by atoms with Crippen LogP contribution in [0.2, 0.25) is 0 Å². The first-order valence-electron chi connectivity index (χ1n) is 4.91. The van der Waals surface area contributed by atoms with Crippen molar-refractivity contribution < 1.29 is 22.9 Å². The van der Waals surface area contributed by atoms with E-state index in [0.717, 1.165) is 26.1 Å². The maximum absolute atomic E-state index is 11.5. The van der Waals surface area contributed by atoms with Crippen molar-refractivity contribution in [2.45, 2.75) is 32.1 Å². The molecule has 0 spiro atoms. The minimum Gasteiger partial charge on any atom is -1.00 e. The van der Waals surface area contributed by atoms with Gasteiger partial charge in [-0.1, -0.05) is 0 Å². The topological polar surface area (TPSA) is 48.0 Å². The van der Waals surface area contributed by atoms with Gasteiger partial charge in [-0.25, -0.2) is 0 Å². The summed E-state index contributed by atoms with van der Waals surface area (Å²) in [6.45, 7) is 2.84. The van der Waals surface area contributed by atoms with E-state index in [-0.39, 0.29) is 12.4 Å². The molecule has 1 aliphatic heterocycles. The van der Waals surface area contributed by atoms with Crippen LogP contribution in [0.5, 0.6) is 0 Å². The Morgan fingerprint density at radius 2 is 1.85 bits per heavy atom. The van der Waals surface area contributed by atoms with Crippen LogP contribution in [-0.2, 0) is 4.79 Å². The Morgan fingerprint density at radius 1 is 1.23 bits per heavy atom. The van der Waals surface area contributed by atoms with Crippen LogP contribution in [-0.4, -0.2) is 30.4 Å². The molecular formula is C9H19ClN2O. The van der Waals surface area contributed by atoms with Gasteiger partial charge in [0.2, 0.25) is 5.91 Å². The van der Waals surface area contributed by atoms with Gasteiger partial charge in [-0.15, -0.1) is 0 Å². The Balaban J connectivity index is 0.00000144. The molecule has 0 radical (unpaired) electrons. The number of carbonyl (C=O) groups excluding carboxylic acids is 1. The maximum Gasteiger partial charge on any atom is 0.222 e. The highest BCUT2D eigenvalue weighted by molar-refractivity contribution is 5.76. The molecule has 1 fully saturated rings. The average molecular weight is 207 g/mol. The van der Waals surface area contributed by atoms with Crippen LogP contribution in [0.4, 0.5) is 0 Å². The van der Waals surface area contributed by atoms with Gasteiger partial charge in [0.15, 0.2) is 0 Å². The first kappa shape index (κ1) is 12.7. The third-order valence-corrected chi connectivity index (χ3v) is 2.35. The first-order valence-corrected chi connectivity index (χ1v) is 4.91. The second-order valence-electron chi connectivity index (χ2n) is 3.40. The Hall–Kier alpha value is -0.280. The van der Waals surface area contributed by atoms with E-state index >= 15 is 0 Å². The van der Waals surface area contributed by atoms with E-state index in [0.29, 0.717) is 12.3 Å². The fourth-order valence-electron chi connectivity index (χ4n) is 1.58. The highest BCUT2D eigenvalue weighted by Crippen LogP contribution is 2.10. The molecule has 0 bridgehead atoms.